The Hall–Kier alpha value is -3.53. The number of hydrogen-bond acceptors (Lipinski definition) is 6. The van der Waals surface area contributed by atoms with E-state index >= 15 is 0 Å². The van der Waals surface area contributed by atoms with Crippen LogP contribution in [0, 0.1) is 6.92 Å². The third-order valence-electron chi connectivity index (χ3n) is 3.88. The molecule has 3 N–H and O–H groups in total. The number of furan rings is 1. The van der Waals surface area contributed by atoms with Gasteiger partial charge in [-0.25, -0.2) is 0 Å². The normalized spacial score (nSPS) is 10.3. The first-order valence-electron chi connectivity index (χ1n) is 8.68. The highest BCUT2D eigenvalue weighted by molar-refractivity contribution is 7.80. The quantitative estimate of drug-likeness (QED) is 0.417. The molecule has 0 aliphatic rings. The van der Waals surface area contributed by atoms with Gasteiger partial charge in [0, 0.05) is 13.2 Å². The van der Waals surface area contributed by atoms with Gasteiger partial charge >= 0.3 is 5.91 Å². The number of para-hydroxylation sites is 2. The zero-order chi connectivity index (χ0) is 20.8. The fraction of sp³-hybridized carbons (Fsp3) is 0.211. The van der Waals surface area contributed by atoms with E-state index in [0.717, 1.165) is 11.4 Å². The van der Waals surface area contributed by atoms with Crippen molar-refractivity contribution in [1.29, 1.82) is 0 Å². The number of carbonyl (C=O) groups excluding carboxylic acids is 1. The van der Waals surface area contributed by atoms with Crippen molar-refractivity contribution in [2.24, 2.45) is 7.05 Å². The maximum atomic E-state index is 12.2. The first-order valence-corrected chi connectivity index (χ1v) is 9.09. The van der Waals surface area contributed by atoms with Crippen LogP contribution in [0.15, 0.2) is 47.0 Å². The molecule has 3 rings (SSSR count). The summed E-state index contributed by atoms with van der Waals surface area (Å²) < 4.78 is 18.1. The maximum absolute atomic E-state index is 12.2. The van der Waals surface area contributed by atoms with Crippen LogP contribution in [0.2, 0.25) is 0 Å². The summed E-state index contributed by atoms with van der Waals surface area (Å²) in [6.45, 7) is 2.00. The van der Waals surface area contributed by atoms with Crippen molar-refractivity contribution < 1.29 is 18.7 Å². The molecule has 152 valence electrons. The lowest BCUT2D eigenvalue weighted by molar-refractivity contribution is 0.0912. The number of nitrogens with one attached hydrogen (secondary N) is 3. The third kappa shape index (κ3) is 5.26. The zero-order valence-corrected chi connectivity index (χ0v) is 17.0. The Morgan fingerprint density at radius 3 is 2.66 bits per heavy atom. The third-order valence-corrected chi connectivity index (χ3v) is 4.08. The average molecular weight is 415 g/mol. The molecule has 0 bridgehead atoms. The fourth-order valence-corrected chi connectivity index (χ4v) is 2.68. The number of ether oxygens (including phenoxy) is 2. The predicted molar refractivity (Wildman–Crippen MR) is 111 cm³/mol. The number of aromatic nitrogens is 2. The molecular weight excluding hydrogens is 394 g/mol. The highest BCUT2D eigenvalue weighted by Gasteiger charge is 2.13. The molecule has 0 atom stereocenters. The number of amides is 1. The van der Waals surface area contributed by atoms with Crippen molar-refractivity contribution in [2.75, 3.05) is 12.4 Å². The van der Waals surface area contributed by atoms with Gasteiger partial charge in [-0.1, -0.05) is 12.1 Å². The molecule has 0 saturated heterocycles. The van der Waals surface area contributed by atoms with Gasteiger partial charge in [0.1, 0.15) is 12.4 Å². The van der Waals surface area contributed by atoms with Gasteiger partial charge in [-0.05, 0) is 43.4 Å². The van der Waals surface area contributed by atoms with Gasteiger partial charge in [0.05, 0.1) is 18.5 Å². The Morgan fingerprint density at radius 1 is 1.21 bits per heavy atom. The van der Waals surface area contributed by atoms with Gasteiger partial charge in [-0.3, -0.25) is 20.3 Å². The van der Waals surface area contributed by atoms with E-state index in [4.69, 9.17) is 26.1 Å². The highest BCUT2D eigenvalue weighted by atomic mass is 32.1. The number of methoxy groups -OCH3 is 1. The summed E-state index contributed by atoms with van der Waals surface area (Å²) in [7, 11) is 3.38. The van der Waals surface area contributed by atoms with Crippen LogP contribution in [0.1, 0.15) is 22.0 Å². The van der Waals surface area contributed by atoms with E-state index in [0.29, 0.717) is 17.3 Å². The number of benzene rings is 1. The van der Waals surface area contributed by atoms with E-state index in [1.807, 2.05) is 26.1 Å². The van der Waals surface area contributed by atoms with Gasteiger partial charge in [-0.15, -0.1) is 0 Å². The second kappa shape index (κ2) is 9.11. The van der Waals surface area contributed by atoms with Crippen molar-refractivity contribution in [3.05, 3.63) is 59.8 Å². The van der Waals surface area contributed by atoms with E-state index < -0.39 is 5.91 Å². The Balaban J connectivity index is 1.50. The Kier molecular flexibility index (Phi) is 6.35. The number of thiocarbonyl (C=S) groups is 1. The largest absolute Gasteiger partial charge is 0.493 e. The second-order valence-corrected chi connectivity index (χ2v) is 6.45. The van der Waals surface area contributed by atoms with Gasteiger partial charge < -0.3 is 19.2 Å². The van der Waals surface area contributed by atoms with E-state index in [-0.39, 0.29) is 17.5 Å². The molecule has 0 aliphatic carbocycles. The molecule has 1 amide bonds. The van der Waals surface area contributed by atoms with Crippen LogP contribution < -0.4 is 25.6 Å². The lowest BCUT2D eigenvalue weighted by atomic mass is 10.3. The van der Waals surface area contributed by atoms with Crippen LogP contribution in [0.3, 0.4) is 0 Å². The minimum absolute atomic E-state index is 0.122. The number of rotatable bonds is 6. The molecule has 10 heteroatoms. The van der Waals surface area contributed by atoms with Crippen molar-refractivity contribution in [3.63, 3.8) is 0 Å². The Morgan fingerprint density at radius 2 is 1.97 bits per heavy atom. The molecule has 2 heterocycles. The molecule has 0 radical (unpaired) electrons. The van der Waals surface area contributed by atoms with Gasteiger partial charge in [-0.2, -0.15) is 5.10 Å². The molecule has 29 heavy (non-hydrogen) atoms. The summed E-state index contributed by atoms with van der Waals surface area (Å²) in [6.07, 6.45) is 1.78. The molecule has 2 aromatic heterocycles. The fourth-order valence-electron chi connectivity index (χ4n) is 2.52. The first-order chi connectivity index (χ1) is 14.0. The number of anilines is 1. The van der Waals surface area contributed by atoms with Gasteiger partial charge in [0.15, 0.2) is 22.4 Å². The molecule has 0 saturated carbocycles. The van der Waals surface area contributed by atoms with Crippen molar-refractivity contribution in [1.82, 2.24) is 20.6 Å². The summed E-state index contributed by atoms with van der Waals surface area (Å²) in [4.78, 5) is 12.2. The van der Waals surface area contributed by atoms with Crippen LogP contribution in [-0.4, -0.2) is 27.9 Å². The van der Waals surface area contributed by atoms with E-state index in [2.05, 4.69) is 21.3 Å². The smallest absolute Gasteiger partial charge is 0.305 e. The van der Waals surface area contributed by atoms with Crippen molar-refractivity contribution in [3.8, 4) is 11.5 Å². The average Bonchev–Trinajstić information content (AvgIpc) is 3.31. The summed E-state index contributed by atoms with van der Waals surface area (Å²) in [5.41, 5.74) is 6.63. The summed E-state index contributed by atoms with van der Waals surface area (Å²) in [5, 5.41) is 7.38. The summed E-state index contributed by atoms with van der Waals surface area (Å²) in [5.74, 6) is 1.34. The van der Waals surface area contributed by atoms with E-state index in [9.17, 15) is 4.79 Å². The SMILES string of the molecule is COc1ccccc1OCc1ccc(C(=O)NNC(=S)Nc2cn(C)nc2C)o1. The molecule has 9 nitrogen and oxygen atoms in total. The predicted octanol–water partition coefficient (Wildman–Crippen LogP) is 2.54. The number of carbonyl (C=O) groups is 1. The van der Waals surface area contributed by atoms with Crippen molar-refractivity contribution in [2.45, 2.75) is 13.5 Å². The first kappa shape index (κ1) is 20.2. The zero-order valence-electron chi connectivity index (χ0n) is 16.2. The molecule has 0 fully saturated rings. The van der Waals surface area contributed by atoms with E-state index in [1.165, 1.54) is 0 Å². The minimum Gasteiger partial charge on any atom is -0.493 e. The van der Waals surface area contributed by atoms with Crippen LogP contribution >= 0.6 is 12.2 Å². The van der Waals surface area contributed by atoms with Crippen LogP contribution in [0.25, 0.3) is 0 Å². The molecule has 0 unspecified atom stereocenters. The topological polar surface area (TPSA) is 103 Å². The maximum Gasteiger partial charge on any atom is 0.305 e. The lowest BCUT2D eigenvalue weighted by Crippen LogP contribution is -2.43. The monoisotopic (exact) mass is 415 g/mol. The number of hydrazine groups is 1. The van der Waals surface area contributed by atoms with E-state index in [1.54, 1.807) is 42.3 Å². The number of nitrogens with zero attached hydrogens (tertiary/aromatic N) is 2. The number of aryl methyl sites for hydroxylation is 2. The summed E-state index contributed by atoms with van der Waals surface area (Å²) >= 11 is 5.16. The molecule has 0 aliphatic heterocycles. The van der Waals surface area contributed by atoms with Gasteiger partial charge in [0.25, 0.3) is 0 Å². The van der Waals surface area contributed by atoms with Crippen molar-refractivity contribution >= 4 is 28.9 Å². The molecule has 0 spiro atoms. The minimum atomic E-state index is -0.472. The standard InChI is InChI=1S/C19H21N5O4S/c1-12-14(10-24(2)23-12)20-19(29)22-21-18(25)17-9-8-13(28-17)11-27-16-7-5-4-6-15(16)26-3/h4-10H,11H2,1-3H3,(H,21,25)(H2,20,22,29). The Labute approximate surface area is 173 Å². The second-order valence-electron chi connectivity index (χ2n) is 6.04. The molecule has 1 aromatic carbocycles. The number of hydrogen-bond donors (Lipinski definition) is 3. The van der Waals surface area contributed by atoms with Crippen LogP contribution in [0.5, 0.6) is 11.5 Å². The van der Waals surface area contributed by atoms with Crippen LogP contribution in [0.4, 0.5) is 5.69 Å². The lowest BCUT2D eigenvalue weighted by Gasteiger charge is -2.10. The van der Waals surface area contributed by atoms with Crippen LogP contribution in [-0.2, 0) is 13.7 Å². The molecule has 3 aromatic rings. The summed E-state index contributed by atoms with van der Waals surface area (Å²) in [6, 6.07) is 10.5. The Bertz CT molecular complexity index is 1010. The highest BCUT2D eigenvalue weighted by Crippen LogP contribution is 2.26. The van der Waals surface area contributed by atoms with Gasteiger partial charge in [0.2, 0.25) is 0 Å². The molecular formula is C19H21N5O4S.